The van der Waals surface area contributed by atoms with Gasteiger partial charge in [-0.1, -0.05) is 0 Å². The third kappa shape index (κ3) is 5.00. The van der Waals surface area contributed by atoms with Gasteiger partial charge < -0.3 is 15.2 Å². The molecule has 0 atom stereocenters. The number of aromatic nitrogens is 5. The van der Waals surface area contributed by atoms with E-state index in [1.807, 2.05) is 42.1 Å². The van der Waals surface area contributed by atoms with Gasteiger partial charge in [0.15, 0.2) is 0 Å². The molecule has 9 nitrogen and oxygen atoms in total. The largest absolute Gasteiger partial charge is 0.368 e. The number of nitrogens with one attached hydrogen (secondary N) is 2. The summed E-state index contributed by atoms with van der Waals surface area (Å²) in [6, 6.07) is 7.09. The van der Waals surface area contributed by atoms with Crippen LogP contribution in [0.25, 0.3) is 5.82 Å². The summed E-state index contributed by atoms with van der Waals surface area (Å²) in [7, 11) is 0. The van der Waals surface area contributed by atoms with E-state index in [2.05, 4.69) is 25.6 Å². The molecule has 140 valence electrons. The van der Waals surface area contributed by atoms with Crippen LogP contribution in [0.15, 0.2) is 47.8 Å². The van der Waals surface area contributed by atoms with E-state index >= 15 is 0 Å². The zero-order chi connectivity index (χ0) is 19.2. The molecule has 0 aliphatic heterocycles. The Morgan fingerprint density at radius 3 is 2.63 bits per heavy atom. The van der Waals surface area contributed by atoms with Gasteiger partial charge in [0.25, 0.3) is 5.56 Å². The molecule has 2 N–H and O–H groups in total. The molecule has 0 aliphatic rings. The molecule has 3 aromatic heterocycles. The van der Waals surface area contributed by atoms with E-state index in [4.69, 9.17) is 0 Å². The van der Waals surface area contributed by atoms with Gasteiger partial charge in [-0.2, -0.15) is 0 Å². The molecular weight excluding hydrogens is 346 g/mol. The van der Waals surface area contributed by atoms with Gasteiger partial charge in [0.2, 0.25) is 5.91 Å². The number of carbonyl (C=O) groups is 1. The number of anilines is 1. The van der Waals surface area contributed by atoms with E-state index < -0.39 is 0 Å². The normalized spacial score (nSPS) is 10.6. The predicted molar refractivity (Wildman–Crippen MR) is 101 cm³/mol. The maximum absolute atomic E-state index is 12.0. The molecule has 0 saturated heterocycles. The minimum atomic E-state index is -0.253. The number of aryl methyl sites for hydroxylation is 2. The highest BCUT2D eigenvalue weighted by Gasteiger charge is 2.06. The van der Waals surface area contributed by atoms with Gasteiger partial charge in [-0.25, -0.2) is 15.0 Å². The molecule has 0 aliphatic carbocycles. The van der Waals surface area contributed by atoms with E-state index in [0.717, 1.165) is 5.82 Å². The molecule has 0 aromatic carbocycles. The van der Waals surface area contributed by atoms with Crippen molar-refractivity contribution in [3.8, 4) is 5.82 Å². The fourth-order valence-corrected chi connectivity index (χ4v) is 2.50. The van der Waals surface area contributed by atoms with Crippen LogP contribution in [0, 0.1) is 13.8 Å². The Bertz CT molecular complexity index is 980. The monoisotopic (exact) mass is 367 g/mol. The van der Waals surface area contributed by atoms with Gasteiger partial charge in [0.05, 0.1) is 6.33 Å². The molecule has 0 bridgehead atoms. The number of rotatable bonds is 7. The van der Waals surface area contributed by atoms with Gasteiger partial charge in [0.1, 0.15) is 24.0 Å². The first-order valence-electron chi connectivity index (χ1n) is 8.54. The van der Waals surface area contributed by atoms with Gasteiger partial charge in [-0.3, -0.25) is 14.2 Å². The second-order valence-electron chi connectivity index (χ2n) is 6.02. The zero-order valence-corrected chi connectivity index (χ0v) is 15.2. The lowest BCUT2D eigenvalue weighted by atomic mass is 10.4. The highest BCUT2D eigenvalue weighted by Crippen LogP contribution is 2.10. The van der Waals surface area contributed by atoms with Crippen molar-refractivity contribution >= 4 is 11.7 Å². The number of hydrogen-bond acceptors (Lipinski definition) is 6. The SMILES string of the molecule is Cc1cc(=O)n(CC(=O)NCCNc2cc(-n3cccc3)nc(C)n2)cn1. The summed E-state index contributed by atoms with van der Waals surface area (Å²) < 4.78 is 3.17. The minimum Gasteiger partial charge on any atom is -0.368 e. The van der Waals surface area contributed by atoms with E-state index in [9.17, 15) is 9.59 Å². The fourth-order valence-electron chi connectivity index (χ4n) is 2.50. The summed E-state index contributed by atoms with van der Waals surface area (Å²) >= 11 is 0. The number of hydrogen-bond donors (Lipinski definition) is 2. The first-order chi connectivity index (χ1) is 13.0. The quantitative estimate of drug-likeness (QED) is 0.595. The van der Waals surface area contributed by atoms with Crippen molar-refractivity contribution in [3.63, 3.8) is 0 Å². The molecule has 0 saturated carbocycles. The summed E-state index contributed by atoms with van der Waals surface area (Å²) in [5.74, 6) is 1.85. The van der Waals surface area contributed by atoms with Crippen molar-refractivity contribution in [2.24, 2.45) is 0 Å². The van der Waals surface area contributed by atoms with Crippen molar-refractivity contribution in [1.82, 2.24) is 29.4 Å². The van der Waals surface area contributed by atoms with Crippen LogP contribution in [0.2, 0.25) is 0 Å². The molecule has 0 fully saturated rings. The molecular formula is C18H21N7O2. The van der Waals surface area contributed by atoms with E-state index in [1.54, 1.807) is 6.92 Å². The van der Waals surface area contributed by atoms with Crippen LogP contribution in [-0.4, -0.2) is 43.1 Å². The van der Waals surface area contributed by atoms with Crippen molar-refractivity contribution in [3.05, 3.63) is 64.9 Å². The third-order valence-corrected chi connectivity index (χ3v) is 3.78. The van der Waals surface area contributed by atoms with Crippen molar-refractivity contribution in [2.75, 3.05) is 18.4 Å². The topological polar surface area (TPSA) is 107 Å². The summed E-state index contributed by atoms with van der Waals surface area (Å²) in [6.45, 7) is 4.39. The summed E-state index contributed by atoms with van der Waals surface area (Å²) in [6.07, 6.45) is 5.20. The van der Waals surface area contributed by atoms with Crippen molar-refractivity contribution in [2.45, 2.75) is 20.4 Å². The Morgan fingerprint density at radius 2 is 1.89 bits per heavy atom. The molecule has 0 radical (unpaired) electrons. The third-order valence-electron chi connectivity index (χ3n) is 3.78. The second kappa shape index (κ2) is 8.26. The molecule has 9 heteroatoms. The van der Waals surface area contributed by atoms with E-state index in [-0.39, 0.29) is 18.0 Å². The number of amides is 1. The van der Waals surface area contributed by atoms with Crippen LogP contribution in [0.1, 0.15) is 11.5 Å². The highest BCUT2D eigenvalue weighted by molar-refractivity contribution is 5.75. The van der Waals surface area contributed by atoms with Crippen molar-refractivity contribution < 1.29 is 4.79 Å². The Labute approximate surface area is 156 Å². The van der Waals surface area contributed by atoms with Gasteiger partial charge in [-0.05, 0) is 26.0 Å². The van der Waals surface area contributed by atoms with Crippen LogP contribution in [0.4, 0.5) is 5.82 Å². The Morgan fingerprint density at radius 1 is 1.11 bits per heavy atom. The van der Waals surface area contributed by atoms with Gasteiger partial charge >= 0.3 is 0 Å². The molecule has 0 unspecified atom stereocenters. The number of nitrogens with zero attached hydrogens (tertiary/aromatic N) is 5. The van der Waals surface area contributed by atoms with Crippen molar-refractivity contribution in [1.29, 1.82) is 0 Å². The van der Waals surface area contributed by atoms with Gasteiger partial charge in [0, 0.05) is 43.3 Å². The highest BCUT2D eigenvalue weighted by atomic mass is 16.2. The standard InChI is InChI=1S/C18H21N7O2/c1-13-9-18(27)25(12-21-13)11-17(26)20-6-5-19-15-10-16(23-14(2)22-15)24-7-3-4-8-24/h3-4,7-10,12H,5-6,11H2,1-2H3,(H,20,26)(H,19,22,23). The first kappa shape index (κ1) is 18.3. The lowest BCUT2D eigenvalue weighted by Crippen LogP contribution is -2.34. The van der Waals surface area contributed by atoms with Crippen LogP contribution in [-0.2, 0) is 11.3 Å². The van der Waals surface area contributed by atoms with Crippen LogP contribution in [0.5, 0.6) is 0 Å². The Balaban J connectivity index is 1.50. The van der Waals surface area contributed by atoms with Gasteiger partial charge in [-0.15, -0.1) is 0 Å². The summed E-state index contributed by atoms with van der Waals surface area (Å²) in [5.41, 5.74) is 0.380. The zero-order valence-electron chi connectivity index (χ0n) is 15.2. The van der Waals surface area contributed by atoms with Crippen LogP contribution >= 0.6 is 0 Å². The van der Waals surface area contributed by atoms with Crippen LogP contribution in [0.3, 0.4) is 0 Å². The molecule has 27 heavy (non-hydrogen) atoms. The lowest BCUT2D eigenvalue weighted by molar-refractivity contribution is -0.121. The average Bonchev–Trinajstić information content (AvgIpc) is 3.15. The Hall–Kier alpha value is -3.49. The van der Waals surface area contributed by atoms with E-state index in [1.165, 1.54) is 17.0 Å². The summed E-state index contributed by atoms with van der Waals surface area (Å²) in [5, 5.41) is 5.93. The lowest BCUT2D eigenvalue weighted by Gasteiger charge is -2.10. The second-order valence-corrected chi connectivity index (χ2v) is 6.02. The smallest absolute Gasteiger partial charge is 0.253 e. The minimum absolute atomic E-state index is 0.0590. The average molecular weight is 367 g/mol. The van der Waals surface area contributed by atoms with Crippen LogP contribution < -0.4 is 16.2 Å². The Kier molecular flexibility index (Phi) is 5.60. The van der Waals surface area contributed by atoms with E-state index in [0.29, 0.717) is 30.4 Å². The molecule has 3 rings (SSSR count). The maximum atomic E-state index is 12.0. The fraction of sp³-hybridized carbons (Fsp3) is 0.278. The molecule has 0 spiro atoms. The summed E-state index contributed by atoms with van der Waals surface area (Å²) in [4.78, 5) is 36.5. The molecule has 3 aromatic rings. The molecule has 1 amide bonds. The maximum Gasteiger partial charge on any atom is 0.253 e. The predicted octanol–water partition coefficient (Wildman–Crippen LogP) is 0.669. The molecule has 3 heterocycles. The first-order valence-corrected chi connectivity index (χ1v) is 8.54. The number of carbonyl (C=O) groups excluding carboxylic acids is 1.